The van der Waals surface area contributed by atoms with Crippen molar-refractivity contribution in [2.75, 3.05) is 0 Å². The van der Waals surface area contributed by atoms with E-state index < -0.39 is 0 Å². The van der Waals surface area contributed by atoms with Crippen molar-refractivity contribution in [2.45, 2.75) is 34.6 Å². The number of rotatable bonds is 4. The summed E-state index contributed by atoms with van der Waals surface area (Å²) < 4.78 is 5.01. The van der Waals surface area contributed by atoms with Gasteiger partial charge in [0.2, 0.25) is 13.4 Å². The van der Waals surface area contributed by atoms with Crippen LogP contribution in [0.1, 0.15) is 27.8 Å². The Hall–Kier alpha value is -6.51. The van der Waals surface area contributed by atoms with Crippen LogP contribution in [-0.2, 0) is 0 Å². The second-order valence-corrected chi connectivity index (χ2v) is 16.3. The molecule has 0 amide bonds. The number of hydrogen-bond donors (Lipinski definition) is 0. The van der Waals surface area contributed by atoms with Crippen LogP contribution in [0.3, 0.4) is 0 Å². The molecule has 4 heteroatoms. The largest absolute Gasteiger partial charge is 0.307 e. The van der Waals surface area contributed by atoms with Gasteiger partial charge in [-0.05, 0) is 71.0 Å². The quantitative estimate of drug-likeness (QED) is 0.161. The van der Waals surface area contributed by atoms with Crippen molar-refractivity contribution in [2.24, 2.45) is 0 Å². The van der Waals surface area contributed by atoms with Gasteiger partial charge < -0.3 is 9.13 Å². The molecule has 0 spiro atoms. The highest BCUT2D eigenvalue weighted by Gasteiger charge is 2.40. The molecular weight excluding hydrogens is 686 g/mol. The summed E-state index contributed by atoms with van der Waals surface area (Å²) in [5.41, 5.74) is 22.4. The Morgan fingerprint density at radius 1 is 0.333 bits per heavy atom. The fourth-order valence-corrected chi connectivity index (χ4v) is 10.8. The summed E-state index contributed by atoms with van der Waals surface area (Å²) in [4.78, 5) is 0. The Balaban J connectivity index is 1.17. The molecule has 0 fully saturated rings. The average Bonchev–Trinajstić information content (AvgIpc) is 3.74. The predicted molar refractivity (Wildman–Crippen MR) is 247 cm³/mol. The lowest BCUT2D eigenvalue weighted by atomic mass is 9.20. The smallest absolute Gasteiger partial charge is 0.240 e. The van der Waals surface area contributed by atoms with E-state index in [1.165, 1.54) is 116 Å². The van der Waals surface area contributed by atoms with Gasteiger partial charge in [-0.15, -0.1) is 0 Å². The Morgan fingerprint density at radius 2 is 0.702 bits per heavy atom. The van der Waals surface area contributed by atoms with E-state index in [2.05, 4.69) is 208 Å². The summed E-state index contributed by atoms with van der Waals surface area (Å²) in [7, 11) is 0. The zero-order valence-electron chi connectivity index (χ0n) is 33.1. The van der Waals surface area contributed by atoms with Crippen LogP contribution in [-0.4, -0.2) is 22.6 Å². The minimum atomic E-state index is 0.124. The third kappa shape index (κ3) is 4.93. The highest BCUT2D eigenvalue weighted by molar-refractivity contribution is 7.11. The van der Waals surface area contributed by atoms with E-state index in [1.807, 2.05) is 0 Å². The molecule has 11 rings (SSSR count). The second kappa shape index (κ2) is 12.8. The van der Waals surface area contributed by atoms with Gasteiger partial charge in [0.15, 0.2) is 0 Å². The fourth-order valence-electron chi connectivity index (χ4n) is 10.8. The predicted octanol–water partition coefficient (Wildman–Crippen LogP) is 8.77. The molecule has 270 valence electrons. The van der Waals surface area contributed by atoms with Crippen molar-refractivity contribution in [3.05, 3.63) is 192 Å². The van der Waals surface area contributed by atoms with Crippen LogP contribution in [0, 0.1) is 34.6 Å². The van der Waals surface area contributed by atoms with Crippen LogP contribution in [0.5, 0.6) is 0 Å². The molecule has 1 aliphatic rings. The molecule has 0 N–H and O–H groups in total. The first-order valence-electron chi connectivity index (χ1n) is 20.3. The summed E-state index contributed by atoms with van der Waals surface area (Å²) in [6.45, 7) is 11.8. The van der Waals surface area contributed by atoms with Gasteiger partial charge in [0.25, 0.3) is 0 Å². The molecule has 0 radical (unpaired) electrons. The van der Waals surface area contributed by atoms with Crippen molar-refractivity contribution in [3.63, 3.8) is 0 Å². The van der Waals surface area contributed by atoms with Crippen LogP contribution in [0.2, 0.25) is 0 Å². The molecule has 1 aliphatic heterocycles. The first kappa shape index (κ1) is 33.8. The molecule has 3 heterocycles. The number of hydrogen-bond acceptors (Lipinski definition) is 0. The second-order valence-electron chi connectivity index (χ2n) is 16.3. The van der Waals surface area contributed by atoms with E-state index in [-0.39, 0.29) is 13.4 Å². The van der Waals surface area contributed by atoms with E-state index in [0.717, 1.165) is 0 Å². The number of aryl methyl sites for hydroxylation is 5. The number of benzene rings is 8. The standard InChI is InChI=1S/C53H42B2N2/c1-33-29-34(2)50(35(3)30-33)54-44-21-11-13-23-46(44)55(47-24-14-12-22-45(47)54)51-36(4)31-39(32-37(51)5)57-49-26-16-10-20-41(49)43-28-27-42-40-19-9-15-25-48(40)56(52(42)53(43)57)38-17-7-6-8-18-38/h6-32H,1-5H3. The summed E-state index contributed by atoms with van der Waals surface area (Å²) >= 11 is 0. The molecular formula is C53H42B2N2. The first-order valence-corrected chi connectivity index (χ1v) is 20.3. The number of aromatic nitrogens is 2. The fraction of sp³-hybridized carbons (Fsp3) is 0.0943. The minimum Gasteiger partial charge on any atom is -0.307 e. The topological polar surface area (TPSA) is 9.86 Å². The number of nitrogens with zero attached hydrogens (tertiary/aromatic N) is 2. The Kier molecular flexibility index (Phi) is 7.57. The molecule has 2 aromatic heterocycles. The summed E-state index contributed by atoms with van der Waals surface area (Å²) in [5, 5.41) is 5.06. The maximum absolute atomic E-state index is 2.54. The average molecular weight is 729 g/mol. The van der Waals surface area contributed by atoms with Gasteiger partial charge in [-0.25, -0.2) is 0 Å². The van der Waals surface area contributed by atoms with E-state index >= 15 is 0 Å². The molecule has 57 heavy (non-hydrogen) atoms. The van der Waals surface area contributed by atoms with Gasteiger partial charge in [0, 0.05) is 32.9 Å². The van der Waals surface area contributed by atoms with Gasteiger partial charge in [-0.3, -0.25) is 0 Å². The number of para-hydroxylation sites is 3. The van der Waals surface area contributed by atoms with Crippen LogP contribution in [0.15, 0.2) is 164 Å². The molecule has 0 unspecified atom stereocenters. The van der Waals surface area contributed by atoms with E-state index in [1.54, 1.807) is 0 Å². The highest BCUT2D eigenvalue weighted by atomic mass is 15.0. The highest BCUT2D eigenvalue weighted by Crippen LogP contribution is 2.41. The van der Waals surface area contributed by atoms with E-state index in [4.69, 9.17) is 0 Å². The van der Waals surface area contributed by atoms with Crippen LogP contribution >= 0.6 is 0 Å². The minimum absolute atomic E-state index is 0.124. The lowest BCUT2D eigenvalue weighted by Gasteiger charge is -2.34. The third-order valence-corrected chi connectivity index (χ3v) is 12.9. The molecule has 0 atom stereocenters. The van der Waals surface area contributed by atoms with Crippen molar-refractivity contribution in [1.82, 2.24) is 9.13 Å². The summed E-state index contributed by atoms with van der Waals surface area (Å²) in [5.74, 6) is 0. The Labute approximate surface area is 335 Å². The van der Waals surface area contributed by atoms with Crippen molar-refractivity contribution in [1.29, 1.82) is 0 Å². The molecule has 2 nitrogen and oxygen atoms in total. The summed E-state index contributed by atoms with van der Waals surface area (Å²) in [6.07, 6.45) is 0. The SMILES string of the molecule is Cc1cc(C)c(B2c3ccccc3B(c3c(C)cc(-n4c5ccccc5c5ccc6c7ccccc7n(-c7ccccc7)c6c54)cc3C)c3ccccc32)c(C)c1. The molecule has 10 aromatic rings. The van der Waals surface area contributed by atoms with E-state index in [9.17, 15) is 0 Å². The zero-order chi connectivity index (χ0) is 38.5. The lowest BCUT2D eigenvalue weighted by molar-refractivity contribution is 1.14. The van der Waals surface area contributed by atoms with Crippen LogP contribution < -0.4 is 32.8 Å². The monoisotopic (exact) mass is 728 g/mol. The third-order valence-electron chi connectivity index (χ3n) is 12.9. The maximum Gasteiger partial charge on any atom is 0.240 e. The Morgan fingerprint density at radius 3 is 1.16 bits per heavy atom. The van der Waals surface area contributed by atoms with Crippen LogP contribution in [0.25, 0.3) is 55.0 Å². The Bertz CT molecular complexity index is 3160. The number of fused-ring (bicyclic) bond motifs is 9. The lowest BCUT2D eigenvalue weighted by Crippen LogP contribution is -2.75. The van der Waals surface area contributed by atoms with Gasteiger partial charge in [0.1, 0.15) is 0 Å². The zero-order valence-corrected chi connectivity index (χ0v) is 33.1. The van der Waals surface area contributed by atoms with Gasteiger partial charge in [-0.1, -0.05) is 188 Å². The van der Waals surface area contributed by atoms with Gasteiger partial charge in [0.05, 0.1) is 22.1 Å². The molecule has 0 bridgehead atoms. The first-order chi connectivity index (χ1) is 27.9. The van der Waals surface area contributed by atoms with Crippen molar-refractivity contribution < 1.29 is 0 Å². The molecule has 0 aliphatic carbocycles. The van der Waals surface area contributed by atoms with Gasteiger partial charge in [-0.2, -0.15) is 0 Å². The molecule has 0 saturated heterocycles. The van der Waals surface area contributed by atoms with Crippen molar-refractivity contribution >= 4 is 89.8 Å². The molecule has 0 saturated carbocycles. The van der Waals surface area contributed by atoms with Crippen molar-refractivity contribution in [3.8, 4) is 11.4 Å². The van der Waals surface area contributed by atoms with E-state index in [0.29, 0.717) is 0 Å². The maximum atomic E-state index is 2.54. The summed E-state index contributed by atoms with van der Waals surface area (Å²) in [6, 6.07) is 61.4. The molecule has 8 aromatic carbocycles. The normalized spacial score (nSPS) is 12.6. The van der Waals surface area contributed by atoms with Crippen LogP contribution in [0.4, 0.5) is 0 Å². The van der Waals surface area contributed by atoms with Gasteiger partial charge >= 0.3 is 0 Å².